The summed E-state index contributed by atoms with van der Waals surface area (Å²) in [4.78, 5) is 23.0. The van der Waals surface area contributed by atoms with Crippen LogP contribution >= 0.6 is 0 Å². The molecular formula is C22H40CuO4. The largest absolute Gasteiger partial charge is 0.512 e. The predicted molar refractivity (Wildman–Crippen MR) is 109 cm³/mol. The Bertz CT molecular complexity index is 505. The third-order valence-electron chi connectivity index (χ3n) is 3.55. The van der Waals surface area contributed by atoms with Crippen molar-refractivity contribution in [2.45, 2.75) is 83.1 Å². The van der Waals surface area contributed by atoms with E-state index in [1.54, 1.807) is 0 Å². The average molecular weight is 432 g/mol. The maximum absolute atomic E-state index is 11.5. The molecule has 27 heavy (non-hydrogen) atoms. The van der Waals surface area contributed by atoms with Crippen LogP contribution in [0.4, 0.5) is 0 Å². The van der Waals surface area contributed by atoms with Gasteiger partial charge in [0.25, 0.3) is 0 Å². The van der Waals surface area contributed by atoms with Crippen LogP contribution in [0.15, 0.2) is 23.7 Å². The minimum atomic E-state index is -0.417. The smallest absolute Gasteiger partial charge is 0.164 e. The molecule has 0 saturated carbocycles. The minimum Gasteiger partial charge on any atom is -0.512 e. The Morgan fingerprint density at radius 2 is 0.704 bits per heavy atom. The number of allylic oxidation sites excluding steroid dienone is 4. The fourth-order valence-corrected chi connectivity index (χ4v) is 1.11. The topological polar surface area (TPSA) is 74.6 Å². The number of aliphatic hydroxyl groups is 2. The van der Waals surface area contributed by atoms with Gasteiger partial charge in [0, 0.05) is 50.9 Å². The van der Waals surface area contributed by atoms with Crippen LogP contribution in [0.3, 0.4) is 0 Å². The Labute approximate surface area is 177 Å². The van der Waals surface area contributed by atoms with Crippen LogP contribution < -0.4 is 0 Å². The first-order valence-corrected chi connectivity index (χ1v) is 9.01. The normalized spacial score (nSPS) is 13.9. The van der Waals surface area contributed by atoms with Crippen molar-refractivity contribution < 1.29 is 36.9 Å². The molecule has 0 aromatic heterocycles. The molecule has 163 valence electrons. The van der Waals surface area contributed by atoms with Gasteiger partial charge in [-0.3, -0.25) is 9.59 Å². The molecule has 0 aliphatic rings. The number of carbonyl (C=O) groups is 2. The second-order valence-corrected chi connectivity index (χ2v) is 10.8. The summed E-state index contributed by atoms with van der Waals surface area (Å²) in [5.74, 6) is 0.208. The molecule has 0 aliphatic heterocycles. The minimum absolute atomic E-state index is 0. The van der Waals surface area contributed by atoms with Crippen molar-refractivity contribution in [2.75, 3.05) is 0 Å². The van der Waals surface area contributed by atoms with Gasteiger partial charge in [-0.2, -0.15) is 0 Å². The molecule has 5 heteroatoms. The molecule has 0 fully saturated rings. The molecule has 0 aromatic carbocycles. The van der Waals surface area contributed by atoms with Gasteiger partial charge in [0.05, 0.1) is 0 Å². The number of aliphatic hydroxyl groups excluding tert-OH is 2. The number of ketones is 2. The Hall–Kier alpha value is -1.06. The van der Waals surface area contributed by atoms with Gasteiger partial charge < -0.3 is 10.2 Å². The van der Waals surface area contributed by atoms with Gasteiger partial charge in [0.15, 0.2) is 11.6 Å². The second kappa shape index (κ2) is 10.5. The Morgan fingerprint density at radius 3 is 0.815 bits per heavy atom. The average Bonchev–Trinajstić information content (AvgIpc) is 2.34. The molecule has 0 atom stereocenters. The van der Waals surface area contributed by atoms with Crippen LogP contribution in [0, 0.1) is 21.7 Å². The molecule has 1 radical (unpaired) electrons. The summed E-state index contributed by atoms with van der Waals surface area (Å²) in [6.45, 7) is 22.2. The van der Waals surface area contributed by atoms with E-state index in [4.69, 9.17) is 0 Å². The maximum Gasteiger partial charge on any atom is 0.164 e. The molecule has 0 heterocycles. The predicted octanol–water partition coefficient (Wildman–Crippen LogP) is 6.18. The van der Waals surface area contributed by atoms with Crippen molar-refractivity contribution in [3.8, 4) is 0 Å². The standard InChI is InChI=1S/2C11H20O2.Cu/c2*1-10(2,3)8(12)7-9(13)11(4,5)6;/h2*7,12H,1-6H3;/b2*8-7+;. The maximum atomic E-state index is 11.5. The third-order valence-corrected chi connectivity index (χ3v) is 3.55. The van der Waals surface area contributed by atoms with Crippen LogP contribution in [0.2, 0.25) is 0 Å². The van der Waals surface area contributed by atoms with E-state index < -0.39 is 10.8 Å². The van der Waals surface area contributed by atoms with E-state index in [0.29, 0.717) is 0 Å². The van der Waals surface area contributed by atoms with E-state index in [1.165, 1.54) is 12.2 Å². The van der Waals surface area contributed by atoms with E-state index in [9.17, 15) is 19.8 Å². The zero-order valence-corrected chi connectivity index (χ0v) is 20.1. The molecule has 0 unspecified atom stereocenters. The van der Waals surface area contributed by atoms with Crippen LogP contribution in [0.5, 0.6) is 0 Å². The Balaban J connectivity index is -0.000000411. The van der Waals surface area contributed by atoms with Gasteiger partial charge >= 0.3 is 0 Å². The van der Waals surface area contributed by atoms with Gasteiger partial charge in [-0.25, -0.2) is 0 Å². The molecule has 0 amide bonds. The third kappa shape index (κ3) is 13.7. The van der Waals surface area contributed by atoms with Gasteiger partial charge in [-0.1, -0.05) is 83.1 Å². The first-order valence-electron chi connectivity index (χ1n) is 9.01. The Kier molecular flexibility index (Phi) is 11.9. The van der Waals surface area contributed by atoms with Crippen LogP contribution in [-0.4, -0.2) is 21.8 Å². The van der Waals surface area contributed by atoms with Gasteiger partial charge in [-0.15, -0.1) is 0 Å². The van der Waals surface area contributed by atoms with E-state index in [1.807, 2.05) is 83.1 Å². The van der Waals surface area contributed by atoms with E-state index >= 15 is 0 Å². The van der Waals surface area contributed by atoms with E-state index in [2.05, 4.69) is 0 Å². The summed E-state index contributed by atoms with van der Waals surface area (Å²) in [6, 6.07) is 0. The number of hydrogen-bond acceptors (Lipinski definition) is 4. The first-order chi connectivity index (χ1) is 11.1. The summed E-state index contributed by atoms with van der Waals surface area (Å²) in [5, 5.41) is 19.1. The van der Waals surface area contributed by atoms with Crippen molar-refractivity contribution in [1.29, 1.82) is 0 Å². The molecule has 4 nitrogen and oxygen atoms in total. The zero-order valence-electron chi connectivity index (χ0n) is 19.2. The second-order valence-electron chi connectivity index (χ2n) is 10.8. The molecule has 2 N–H and O–H groups in total. The molecule has 0 aliphatic carbocycles. The quantitative estimate of drug-likeness (QED) is 0.311. The van der Waals surface area contributed by atoms with Crippen LogP contribution in [-0.2, 0) is 26.7 Å². The molecule has 0 rings (SSSR count). The first kappa shape index (κ1) is 30.7. The van der Waals surface area contributed by atoms with Crippen molar-refractivity contribution in [3.63, 3.8) is 0 Å². The summed E-state index contributed by atoms with van der Waals surface area (Å²) < 4.78 is 0. The fraction of sp³-hybridized carbons (Fsp3) is 0.727. The van der Waals surface area contributed by atoms with E-state index in [-0.39, 0.29) is 51.0 Å². The number of rotatable bonds is 2. The Morgan fingerprint density at radius 1 is 0.519 bits per heavy atom. The number of carbonyl (C=O) groups excluding carboxylic acids is 2. The molecule has 0 aromatic rings. The van der Waals surface area contributed by atoms with Gasteiger partial charge in [0.1, 0.15) is 11.5 Å². The van der Waals surface area contributed by atoms with Gasteiger partial charge in [0.2, 0.25) is 0 Å². The summed E-state index contributed by atoms with van der Waals surface area (Å²) in [5.41, 5.74) is -1.53. The van der Waals surface area contributed by atoms with E-state index in [0.717, 1.165) is 0 Å². The molecule has 0 bridgehead atoms. The van der Waals surface area contributed by atoms with Crippen molar-refractivity contribution in [1.82, 2.24) is 0 Å². The van der Waals surface area contributed by atoms with Crippen molar-refractivity contribution >= 4 is 11.6 Å². The fourth-order valence-electron chi connectivity index (χ4n) is 1.11. The summed E-state index contributed by atoms with van der Waals surface area (Å²) >= 11 is 0. The SMILES string of the molecule is CC(C)(C)C(=O)/C=C(/O)C(C)(C)C.CC(C)(C)C(=O)/C=C(/O)C(C)(C)C.[Cu]. The molecular weight excluding hydrogens is 392 g/mol. The summed E-state index contributed by atoms with van der Waals surface area (Å²) in [7, 11) is 0. The van der Waals surface area contributed by atoms with Gasteiger partial charge in [-0.05, 0) is 0 Å². The molecule has 0 saturated heterocycles. The van der Waals surface area contributed by atoms with Crippen LogP contribution in [0.25, 0.3) is 0 Å². The van der Waals surface area contributed by atoms with Crippen molar-refractivity contribution in [2.24, 2.45) is 21.7 Å². The monoisotopic (exact) mass is 431 g/mol. The molecule has 0 spiro atoms. The zero-order chi connectivity index (χ0) is 21.7. The van der Waals surface area contributed by atoms with Crippen LogP contribution in [0.1, 0.15) is 83.1 Å². The number of hydrogen-bond donors (Lipinski definition) is 2. The summed E-state index contributed by atoms with van der Waals surface area (Å²) in [6.07, 6.45) is 2.67. The van der Waals surface area contributed by atoms with Crippen molar-refractivity contribution in [3.05, 3.63) is 23.7 Å².